The first kappa shape index (κ1) is 11.6. The summed E-state index contributed by atoms with van der Waals surface area (Å²) in [6, 6.07) is 0. The predicted octanol–water partition coefficient (Wildman–Crippen LogP) is 1.98. The zero-order chi connectivity index (χ0) is 9.40. The smallest absolute Gasteiger partial charge is 0.120 e. The highest BCUT2D eigenvalue weighted by Gasteiger charge is 2.10. The van der Waals surface area contributed by atoms with Gasteiger partial charge in [0.1, 0.15) is 6.29 Å². The number of carbonyl (C=O) groups excluding carboxylic acids is 1. The Labute approximate surface area is 75.5 Å². The Morgan fingerprint density at radius 3 is 2.58 bits per heavy atom. The number of hydrogen-bond donors (Lipinski definition) is 1. The fraction of sp³-hybridized carbons (Fsp3) is 0.900. The molecule has 0 saturated heterocycles. The Hall–Kier alpha value is -0.370. The number of carbonyl (C=O) groups is 1. The van der Waals surface area contributed by atoms with E-state index in [2.05, 4.69) is 13.8 Å². The van der Waals surface area contributed by atoms with Crippen LogP contribution in [0.3, 0.4) is 0 Å². The summed E-state index contributed by atoms with van der Waals surface area (Å²) in [6.45, 7) is 5.07. The van der Waals surface area contributed by atoms with Gasteiger partial charge in [0.25, 0.3) is 0 Å². The second-order valence-corrected chi connectivity index (χ2v) is 3.63. The summed E-state index contributed by atoms with van der Waals surface area (Å²) >= 11 is 0. The highest BCUT2D eigenvalue weighted by molar-refractivity contribution is 5.49. The lowest BCUT2D eigenvalue weighted by atomic mass is 9.91. The molecule has 0 aromatic carbocycles. The molecular formula is C10H21NO. The molecule has 0 amide bonds. The van der Waals surface area contributed by atoms with E-state index in [1.165, 1.54) is 12.8 Å². The lowest BCUT2D eigenvalue weighted by Gasteiger charge is -2.16. The van der Waals surface area contributed by atoms with Crippen molar-refractivity contribution in [3.05, 3.63) is 0 Å². The van der Waals surface area contributed by atoms with Gasteiger partial charge in [0.05, 0.1) is 0 Å². The van der Waals surface area contributed by atoms with Gasteiger partial charge in [-0.1, -0.05) is 26.7 Å². The Bertz CT molecular complexity index is 114. The molecule has 0 aromatic rings. The number of rotatable bonds is 7. The summed E-state index contributed by atoms with van der Waals surface area (Å²) in [5.41, 5.74) is 5.54. The van der Waals surface area contributed by atoms with Gasteiger partial charge in [-0.15, -0.1) is 0 Å². The maximum absolute atomic E-state index is 10.3. The van der Waals surface area contributed by atoms with Crippen LogP contribution in [0.2, 0.25) is 0 Å². The van der Waals surface area contributed by atoms with E-state index >= 15 is 0 Å². The average molecular weight is 171 g/mol. The summed E-state index contributed by atoms with van der Waals surface area (Å²) in [5.74, 6) is 1.12. The third-order valence-corrected chi connectivity index (χ3v) is 2.28. The molecule has 0 bridgehead atoms. The van der Waals surface area contributed by atoms with Gasteiger partial charge in [-0.05, 0) is 24.8 Å². The van der Waals surface area contributed by atoms with Crippen LogP contribution in [0.5, 0.6) is 0 Å². The first-order chi connectivity index (χ1) is 5.74. The van der Waals surface area contributed by atoms with E-state index in [9.17, 15) is 4.79 Å². The monoisotopic (exact) mass is 171 g/mol. The van der Waals surface area contributed by atoms with Crippen LogP contribution in [-0.2, 0) is 4.79 Å². The lowest BCUT2D eigenvalue weighted by Crippen LogP contribution is -2.17. The lowest BCUT2D eigenvalue weighted by molar-refractivity contribution is -0.108. The fourth-order valence-corrected chi connectivity index (χ4v) is 1.60. The molecule has 0 spiro atoms. The Morgan fingerprint density at radius 2 is 2.17 bits per heavy atom. The first-order valence-corrected chi connectivity index (χ1v) is 4.88. The van der Waals surface area contributed by atoms with Crippen molar-refractivity contribution in [1.82, 2.24) is 0 Å². The Kier molecular flexibility index (Phi) is 7.06. The predicted molar refractivity (Wildman–Crippen MR) is 51.9 cm³/mol. The first-order valence-electron chi connectivity index (χ1n) is 4.88. The molecule has 2 atom stereocenters. The highest BCUT2D eigenvalue weighted by Crippen LogP contribution is 2.17. The minimum Gasteiger partial charge on any atom is -0.330 e. The zero-order valence-corrected chi connectivity index (χ0v) is 8.25. The van der Waals surface area contributed by atoms with E-state index in [1.54, 1.807) is 0 Å². The molecule has 0 aliphatic heterocycles. The van der Waals surface area contributed by atoms with E-state index in [0.717, 1.165) is 12.7 Å². The molecule has 1 unspecified atom stereocenters. The molecular weight excluding hydrogens is 150 g/mol. The second kappa shape index (κ2) is 7.29. The van der Waals surface area contributed by atoms with Gasteiger partial charge in [0.2, 0.25) is 0 Å². The summed E-state index contributed by atoms with van der Waals surface area (Å²) in [6.07, 6.45) is 5.18. The van der Waals surface area contributed by atoms with Crippen LogP contribution in [0, 0.1) is 11.8 Å². The minimum absolute atomic E-state index is 0.407. The normalized spacial score (nSPS) is 15.6. The molecule has 0 fully saturated rings. The van der Waals surface area contributed by atoms with Crippen molar-refractivity contribution in [3.8, 4) is 0 Å². The molecule has 0 heterocycles. The van der Waals surface area contributed by atoms with Crippen molar-refractivity contribution in [1.29, 1.82) is 0 Å². The van der Waals surface area contributed by atoms with Gasteiger partial charge in [-0.3, -0.25) is 0 Å². The fourth-order valence-electron chi connectivity index (χ4n) is 1.60. The standard InChI is InChI=1S/C10H21NO/c1-3-4-9(2)7-10(8-11)5-6-12/h6,9-10H,3-5,7-8,11H2,1-2H3/t9?,10-/m1/s1. The maximum Gasteiger partial charge on any atom is 0.120 e. The molecule has 12 heavy (non-hydrogen) atoms. The van der Waals surface area contributed by atoms with Crippen molar-refractivity contribution in [2.24, 2.45) is 17.6 Å². The van der Waals surface area contributed by atoms with Crippen molar-refractivity contribution in [3.63, 3.8) is 0 Å². The molecule has 0 aliphatic rings. The van der Waals surface area contributed by atoms with Gasteiger partial charge < -0.3 is 10.5 Å². The maximum atomic E-state index is 10.3. The van der Waals surface area contributed by atoms with Crippen molar-refractivity contribution in [2.75, 3.05) is 6.54 Å². The van der Waals surface area contributed by atoms with Gasteiger partial charge in [0, 0.05) is 6.42 Å². The van der Waals surface area contributed by atoms with Crippen LogP contribution in [0.4, 0.5) is 0 Å². The summed E-state index contributed by atoms with van der Waals surface area (Å²) in [5, 5.41) is 0. The molecule has 72 valence electrons. The van der Waals surface area contributed by atoms with Crippen LogP contribution in [-0.4, -0.2) is 12.8 Å². The second-order valence-electron chi connectivity index (χ2n) is 3.63. The third-order valence-electron chi connectivity index (χ3n) is 2.28. The molecule has 0 aliphatic carbocycles. The van der Waals surface area contributed by atoms with Gasteiger partial charge in [0.15, 0.2) is 0 Å². The average Bonchev–Trinajstić information content (AvgIpc) is 2.04. The van der Waals surface area contributed by atoms with Crippen LogP contribution in [0.1, 0.15) is 39.5 Å². The summed E-state index contributed by atoms with van der Waals surface area (Å²) in [7, 11) is 0. The van der Waals surface area contributed by atoms with Crippen LogP contribution >= 0.6 is 0 Å². The molecule has 2 heteroatoms. The van der Waals surface area contributed by atoms with Crippen LogP contribution in [0.15, 0.2) is 0 Å². The SMILES string of the molecule is CCCC(C)C[C@H](CN)CC=O. The molecule has 2 N–H and O–H groups in total. The van der Waals surface area contributed by atoms with E-state index < -0.39 is 0 Å². The van der Waals surface area contributed by atoms with E-state index in [4.69, 9.17) is 5.73 Å². The van der Waals surface area contributed by atoms with E-state index in [-0.39, 0.29) is 0 Å². The number of nitrogens with two attached hydrogens (primary N) is 1. The third kappa shape index (κ3) is 5.30. The topological polar surface area (TPSA) is 43.1 Å². The number of hydrogen-bond acceptors (Lipinski definition) is 2. The molecule has 2 nitrogen and oxygen atoms in total. The van der Waals surface area contributed by atoms with Crippen molar-refractivity contribution >= 4 is 6.29 Å². The number of aldehydes is 1. The largest absolute Gasteiger partial charge is 0.330 e. The summed E-state index contributed by atoms with van der Waals surface area (Å²) < 4.78 is 0. The minimum atomic E-state index is 0.407. The van der Waals surface area contributed by atoms with Gasteiger partial charge in [-0.2, -0.15) is 0 Å². The van der Waals surface area contributed by atoms with Gasteiger partial charge >= 0.3 is 0 Å². The Balaban J connectivity index is 3.60. The van der Waals surface area contributed by atoms with Crippen molar-refractivity contribution in [2.45, 2.75) is 39.5 Å². The molecule has 0 rings (SSSR count). The summed E-state index contributed by atoms with van der Waals surface area (Å²) in [4.78, 5) is 10.3. The zero-order valence-electron chi connectivity index (χ0n) is 8.25. The molecule has 0 aromatic heterocycles. The van der Waals surface area contributed by atoms with E-state index in [1.807, 2.05) is 0 Å². The van der Waals surface area contributed by atoms with Gasteiger partial charge in [-0.25, -0.2) is 0 Å². The molecule has 0 radical (unpaired) electrons. The highest BCUT2D eigenvalue weighted by atomic mass is 16.1. The Morgan fingerprint density at radius 1 is 1.50 bits per heavy atom. The van der Waals surface area contributed by atoms with Crippen LogP contribution in [0.25, 0.3) is 0 Å². The van der Waals surface area contributed by atoms with E-state index in [0.29, 0.717) is 24.8 Å². The van der Waals surface area contributed by atoms with Crippen LogP contribution < -0.4 is 5.73 Å². The molecule has 0 saturated carbocycles. The van der Waals surface area contributed by atoms with Crippen molar-refractivity contribution < 1.29 is 4.79 Å². The quantitative estimate of drug-likeness (QED) is 0.595.